The van der Waals surface area contributed by atoms with E-state index < -0.39 is 0 Å². The van der Waals surface area contributed by atoms with Crippen molar-refractivity contribution in [1.29, 1.82) is 0 Å². The van der Waals surface area contributed by atoms with Crippen LogP contribution in [0, 0.1) is 0 Å². The van der Waals surface area contributed by atoms with Crippen molar-refractivity contribution in [2.45, 2.75) is 19.9 Å². The zero-order valence-corrected chi connectivity index (χ0v) is 11.8. The smallest absolute Gasteiger partial charge is 0.119 e. The molecule has 0 fully saturated rings. The molecule has 1 N–H and O–H groups in total. The van der Waals surface area contributed by atoms with Gasteiger partial charge < -0.3 is 10.1 Å². The van der Waals surface area contributed by atoms with Gasteiger partial charge in [0.05, 0.1) is 6.61 Å². The van der Waals surface area contributed by atoms with Crippen LogP contribution in [0.1, 0.15) is 25.5 Å². The number of rotatable bonds is 5. The molecule has 0 aromatic heterocycles. The van der Waals surface area contributed by atoms with E-state index in [0.29, 0.717) is 12.6 Å². The van der Waals surface area contributed by atoms with Crippen LogP contribution in [-0.2, 0) is 0 Å². The van der Waals surface area contributed by atoms with Crippen molar-refractivity contribution < 1.29 is 4.74 Å². The molecule has 0 heterocycles. The molecule has 0 aliphatic heterocycles. The van der Waals surface area contributed by atoms with Crippen LogP contribution < -0.4 is 10.1 Å². The normalized spacial score (nSPS) is 12.2. The van der Waals surface area contributed by atoms with Gasteiger partial charge in [0.25, 0.3) is 0 Å². The maximum absolute atomic E-state index is 5.58. The van der Waals surface area contributed by atoms with Gasteiger partial charge in [0.15, 0.2) is 0 Å². The van der Waals surface area contributed by atoms with E-state index in [9.17, 15) is 0 Å². The van der Waals surface area contributed by atoms with Crippen LogP contribution >= 0.6 is 0 Å². The standard InChI is InChI=1S/C17H21NO/c1-4-19-15-9-7-8-14(12-15)17-11-6-5-10-16(17)13(2)18-3/h5-13,18H,4H2,1-3H3. The largest absolute Gasteiger partial charge is 0.494 e. The topological polar surface area (TPSA) is 21.3 Å². The summed E-state index contributed by atoms with van der Waals surface area (Å²) < 4.78 is 5.58. The summed E-state index contributed by atoms with van der Waals surface area (Å²) in [4.78, 5) is 0. The molecule has 2 heteroatoms. The van der Waals surface area contributed by atoms with Crippen molar-refractivity contribution in [3.63, 3.8) is 0 Å². The van der Waals surface area contributed by atoms with Crippen LogP contribution in [0.15, 0.2) is 48.5 Å². The third-order valence-corrected chi connectivity index (χ3v) is 3.32. The Bertz CT molecular complexity index is 536. The minimum absolute atomic E-state index is 0.326. The molecule has 2 rings (SSSR count). The van der Waals surface area contributed by atoms with E-state index in [0.717, 1.165) is 5.75 Å². The van der Waals surface area contributed by atoms with Crippen LogP contribution in [0.5, 0.6) is 5.75 Å². The highest BCUT2D eigenvalue weighted by atomic mass is 16.5. The van der Waals surface area contributed by atoms with Crippen molar-refractivity contribution in [3.8, 4) is 16.9 Å². The molecular formula is C17H21NO. The fourth-order valence-corrected chi connectivity index (χ4v) is 2.21. The Labute approximate surface area is 115 Å². The van der Waals surface area contributed by atoms with Crippen LogP contribution in [0.25, 0.3) is 11.1 Å². The van der Waals surface area contributed by atoms with Gasteiger partial charge in [0.1, 0.15) is 5.75 Å². The Morgan fingerprint density at radius 1 is 1.11 bits per heavy atom. The van der Waals surface area contributed by atoms with Gasteiger partial charge in [0, 0.05) is 6.04 Å². The number of benzene rings is 2. The predicted octanol–water partition coefficient (Wildman–Crippen LogP) is 4.03. The Morgan fingerprint density at radius 3 is 2.63 bits per heavy atom. The average molecular weight is 255 g/mol. The summed E-state index contributed by atoms with van der Waals surface area (Å²) in [5.74, 6) is 0.923. The molecule has 0 radical (unpaired) electrons. The third-order valence-electron chi connectivity index (χ3n) is 3.32. The van der Waals surface area contributed by atoms with Crippen molar-refractivity contribution in [2.24, 2.45) is 0 Å². The van der Waals surface area contributed by atoms with Crippen molar-refractivity contribution in [2.75, 3.05) is 13.7 Å². The van der Waals surface area contributed by atoms with Gasteiger partial charge >= 0.3 is 0 Å². The lowest BCUT2D eigenvalue weighted by Gasteiger charge is -2.16. The lowest BCUT2D eigenvalue weighted by Crippen LogP contribution is -2.13. The van der Waals surface area contributed by atoms with Gasteiger partial charge in [-0.25, -0.2) is 0 Å². The monoisotopic (exact) mass is 255 g/mol. The average Bonchev–Trinajstić information content (AvgIpc) is 2.47. The number of ether oxygens (including phenoxy) is 1. The zero-order valence-electron chi connectivity index (χ0n) is 11.8. The third kappa shape index (κ3) is 3.15. The van der Waals surface area contributed by atoms with E-state index in [-0.39, 0.29) is 0 Å². The van der Waals surface area contributed by atoms with Gasteiger partial charge in [-0.1, -0.05) is 36.4 Å². The highest BCUT2D eigenvalue weighted by Gasteiger charge is 2.10. The molecule has 0 saturated carbocycles. The molecule has 0 spiro atoms. The first-order chi connectivity index (χ1) is 9.26. The summed E-state index contributed by atoms with van der Waals surface area (Å²) >= 11 is 0. The number of nitrogens with one attached hydrogen (secondary N) is 1. The zero-order chi connectivity index (χ0) is 13.7. The van der Waals surface area contributed by atoms with Gasteiger partial charge in [-0.15, -0.1) is 0 Å². The Balaban J connectivity index is 2.43. The van der Waals surface area contributed by atoms with E-state index in [4.69, 9.17) is 4.74 Å². The van der Waals surface area contributed by atoms with Crippen molar-refractivity contribution in [1.82, 2.24) is 5.32 Å². The van der Waals surface area contributed by atoms with Crippen LogP contribution in [0.4, 0.5) is 0 Å². The molecule has 1 atom stereocenters. The van der Waals surface area contributed by atoms with Crippen LogP contribution in [-0.4, -0.2) is 13.7 Å². The summed E-state index contributed by atoms with van der Waals surface area (Å²) in [6.07, 6.45) is 0. The fraction of sp³-hybridized carbons (Fsp3) is 0.294. The van der Waals surface area contributed by atoms with Gasteiger partial charge in [-0.3, -0.25) is 0 Å². The van der Waals surface area contributed by atoms with Crippen molar-refractivity contribution >= 4 is 0 Å². The second-order valence-corrected chi connectivity index (χ2v) is 4.56. The molecule has 2 aromatic carbocycles. The maximum Gasteiger partial charge on any atom is 0.119 e. The first-order valence-electron chi connectivity index (χ1n) is 6.75. The summed E-state index contributed by atoms with van der Waals surface area (Å²) in [5, 5.41) is 3.30. The van der Waals surface area contributed by atoms with Crippen LogP contribution in [0.2, 0.25) is 0 Å². The molecule has 2 nitrogen and oxygen atoms in total. The highest BCUT2D eigenvalue weighted by molar-refractivity contribution is 5.69. The van der Waals surface area contributed by atoms with Gasteiger partial charge in [0.2, 0.25) is 0 Å². The summed E-state index contributed by atoms with van der Waals surface area (Å²) in [5.41, 5.74) is 3.76. The lowest BCUT2D eigenvalue weighted by molar-refractivity contribution is 0.340. The van der Waals surface area contributed by atoms with Gasteiger partial charge in [-0.05, 0) is 49.7 Å². The van der Waals surface area contributed by atoms with E-state index in [1.807, 2.05) is 26.1 Å². The molecule has 0 amide bonds. The second kappa shape index (κ2) is 6.39. The predicted molar refractivity (Wildman–Crippen MR) is 80.5 cm³/mol. The summed E-state index contributed by atoms with van der Waals surface area (Å²) in [7, 11) is 1.98. The minimum Gasteiger partial charge on any atom is -0.494 e. The molecule has 0 saturated heterocycles. The fourth-order valence-electron chi connectivity index (χ4n) is 2.21. The van der Waals surface area contributed by atoms with E-state index in [1.165, 1.54) is 16.7 Å². The Kier molecular flexibility index (Phi) is 4.58. The number of hydrogen-bond acceptors (Lipinski definition) is 2. The second-order valence-electron chi connectivity index (χ2n) is 4.56. The Hall–Kier alpha value is -1.80. The summed E-state index contributed by atoms with van der Waals surface area (Å²) in [6.45, 7) is 4.87. The molecule has 1 unspecified atom stereocenters. The van der Waals surface area contributed by atoms with Crippen molar-refractivity contribution in [3.05, 3.63) is 54.1 Å². The molecular weight excluding hydrogens is 234 g/mol. The van der Waals surface area contributed by atoms with E-state index >= 15 is 0 Å². The van der Waals surface area contributed by atoms with E-state index in [1.54, 1.807) is 0 Å². The molecule has 100 valence electrons. The first-order valence-corrected chi connectivity index (χ1v) is 6.75. The van der Waals surface area contributed by atoms with E-state index in [2.05, 4.69) is 48.6 Å². The number of hydrogen-bond donors (Lipinski definition) is 1. The van der Waals surface area contributed by atoms with Gasteiger partial charge in [-0.2, -0.15) is 0 Å². The quantitative estimate of drug-likeness (QED) is 0.871. The molecule has 2 aromatic rings. The lowest BCUT2D eigenvalue weighted by atomic mass is 9.95. The summed E-state index contributed by atoms with van der Waals surface area (Å²) in [6, 6.07) is 17.1. The first kappa shape index (κ1) is 13.6. The molecule has 19 heavy (non-hydrogen) atoms. The molecule has 0 aliphatic rings. The SMILES string of the molecule is CCOc1cccc(-c2ccccc2C(C)NC)c1. The maximum atomic E-state index is 5.58. The minimum atomic E-state index is 0.326. The van der Waals surface area contributed by atoms with Crippen LogP contribution in [0.3, 0.4) is 0 Å². The Morgan fingerprint density at radius 2 is 1.89 bits per heavy atom. The molecule has 0 bridgehead atoms. The molecule has 0 aliphatic carbocycles. The highest BCUT2D eigenvalue weighted by Crippen LogP contribution is 2.30.